The Morgan fingerprint density at radius 2 is 2.00 bits per heavy atom. The summed E-state index contributed by atoms with van der Waals surface area (Å²) in [6.07, 6.45) is 3.69. The number of thiazole rings is 1. The van der Waals surface area contributed by atoms with E-state index in [1.807, 2.05) is 18.5 Å². The van der Waals surface area contributed by atoms with Gasteiger partial charge < -0.3 is 9.88 Å². The summed E-state index contributed by atoms with van der Waals surface area (Å²) >= 11 is 1.79. The number of hydrogen-bond acceptors (Lipinski definition) is 5. The number of anilines is 1. The minimum absolute atomic E-state index is 0.903. The van der Waals surface area contributed by atoms with Crippen LogP contribution in [0, 0.1) is 0 Å². The van der Waals surface area contributed by atoms with Crippen molar-refractivity contribution in [1.82, 2.24) is 19.9 Å². The highest BCUT2D eigenvalue weighted by Crippen LogP contribution is 2.29. The van der Waals surface area contributed by atoms with Crippen LogP contribution in [0.2, 0.25) is 0 Å². The summed E-state index contributed by atoms with van der Waals surface area (Å²) in [6.45, 7) is 5.06. The number of para-hydroxylation sites is 1. The number of imidazole rings is 1. The topological polar surface area (TPSA) is 48.0 Å². The molecule has 0 radical (unpaired) electrons. The normalized spacial score (nSPS) is 16.7. The van der Waals surface area contributed by atoms with E-state index in [1.165, 1.54) is 4.70 Å². The summed E-state index contributed by atoms with van der Waals surface area (Å²) < 4.78 is 1.27. The highest BCUT2D eigenvalue weighted by molar-refractivity contribution is 7.22. The van der Waals surface area contributed by atoms with Gasteiger partial charge in [-0.05, 0) is 12.1 Å². The second-order valence-corrected chi connectivity index (χ2v) is 6.27. The predicted octanol–water partition coefficient (Wildman–Crippen LogP) is 2.34. The van der Waals surface area contributed by atoms with E-state index in [9.17, 15) is 0 Å². The molecule has 0 aliphatic carbocycles. The van der Waals surface area contributed by atoms with Gasteiger partial charge in [-0.3, -0.25) is 4.90 Å². The van der Waals surface area contributed by atoms with E-state index in [0.717, 1.165) is 49.2 Å². The van der Waals surface area contributed by atoms with Crippen LogP contribution in [0.3, 0.4) is 0 Å². The molecule has 1 aliphatic heterocycles. The lowest BCUT2D eigenvalue weighted by molar-refractivity contribution is 0.244. The number of hydrogen-bond donors (Lipinski definition) is 1. The van der Waals surface area contributed by atoms with Gasteiger partial charge in [0.15, 0.2) is 5.13 Å². The maximum atomic E-state index is 4.74. The Kier molecular flexibility index (Phi) is 3.33. The summed E-state index contributed by atoms with van der Waals surface area (Å²) in [4.78, 5) is 17.0. The first-order valence-electron chi connectivity index (χ1n) is 7.19. The third-order valence-electron chi connectivity index (χ3n) is 3.85. The first-order valence-corrected chi connectivity index (χ1v) is 8.01. The molecule has 0 bridgehead atoms. The molecule has 0 saturated carbocycles. The predicted molar refractivity (Wildman–Crippen MR) is 85.7 cm³/mol. The molecule has 5 nitrogen and oxygen atoms in total. The Morgan fingerprint density at radius 3 is 2.76 bits per heavy atom. The fourth-order valence-electron chi connectivity index (χ4n) is 2.69. The summed E-state index contributed by atoms with van der Waals surface area (Å²) in [5.41, 5.74) is 1.11. The van der Waals surface area contributed by atoms with E-state index in [1.54, 1.807) is 11.3 Å². The second kappa shape index (κ2) is 5.46. The van der Waals surface area contributed by atoms with E-state index in [4.69, 9.17) is 4.98 Å². The zero-order chi connectivity index (χ0) is 14.1. The molecule has 0 amide bonds. The summed E-state index contributed by atoms with van der Waals surface area (Å²) in [6, 6.07) is 8.35. The number of H-pyrrole nitrogens is 1. The molecule has 4 rings (SSSR count). The Labute approximate surface area is 127 Å². The van der Waals surface area contributed by atoms with E-state index in [2.05, 4.69) is 38.0 Å². The van der Waals surface area contributed by atoms with Gasteiger partial charge in [0.1, 0.15) is 5.82 Å². The van der Waals surface area contributed by atoms with Crippen molar-refractivity contribution in [2.45, 2.75) is 6.54 Å². The average molecular weight is 299 g/mol. The molecule has 6 heteroatoms. The molecule has 0 atom stereocenters. The monoisotopic (exact) mass is 299 g/mol. The minimum atomic E-state index is 0.903. The van der Waals surface area contributed by atoms with Crippen LogP contribution < -0.4 is 4.90 Å². The third kappa shape index (κ3) is 2.64. The van der Waals surface area contributed by atoms with Crippen molar-refractivity contribution in [1.29, 1.82) is 0 Å². The molecule has 1 N–H and O–H groups in total. The summed E-state index contributed by atoms with van der Waals surface area (Å²) in [7, 11) is 0. The Morgan fingerprint density at radius 1 is 1.14 bits per heavy atom. The standard InChI is InChI=1S/C15H17N5S/c1-2-4-13-12(3-1)18-15(21-13)20-9-7-19(8-10-20)11-14-16-5-6-17-14/h1-6H,7-11H2,(H,16,17). The van der Waals surface area contributed by atoms with Gasteiger partial charge in [0.25, 0.3) is 0 Å². The van der Waals surface area contributed by atoms with Crippen molar-refractivity contribution >= 4 is 26.7 Å². The first kappa shape index (κ1) is 12.8. The molecular formula is C15H17N5S. The highest BCUT2D eigenvalue weighted by atomic mass is 32.1. The van der Waals surface area contributed by atoms with E-state index < -0.39 is 0 Å². The third-order valence-corrected chi connectivity index (χ3v) is 4.95. The number of piperazine rings is 1. The van der Waals surface area contributed by atoms with Crippen LogP contribution in [0.25, 0.3) is 10.2 Å². The van der Waals surface area contributed by atoms with Gasteiger partial charge in [-0.25, -0.2) is 9.97 Å². The van der Waals surface area contributed by atoms with Crippen LogP contribution in [0.1, 0.15) is 5.82 Å². The Bertz CT molecular complexity index is 680. The van der Waals surface area contributed by atoms with Crippen LogP contribution in [0.4, 0.5) is 5.13 Å². The largest absolute Gasteiger partial charge is 0.348 e. The lowest BCUT2D eigenvalue weighted by Gasteiger charge is -2.34. The van der Waals surface area contributed by atoms with E-state index >= 15 is 0 Å². The second-order valence-electron chi connectivity index (χ2n) is 5.26. The maximum absolute atomic E-state index is 4.74. The minimum Gasteiger partial charge on any atom is -0.348 e. The summed E-state index contributed by atoms with van der Waals surface area (Å²) in [5, 5.41) is 1.15. The number of aromatic nitrogens is 3. The molecule has 108 valence electrons. The highest BCUT2D eigenvalue weighted by Gasteiger charge is 2.20. The fourth-order valence-corrected chi connectivity index (χ4v) is 3.71. The zero-order valence-electron chi connectivity index (χ0n) is 11.7. The van der Waals surface area contributed by atoms with Crippen molar-refractivity contribution in [3.63, 3.8) is 0 Å². The number of nitrogens with zero attached hydrogens (tertiary/aromatic N) is 4. The Hall–Kier alpha value is -1.92. The molecule has 0 unspecified atom stereocenters. The number of aromatic amines is 1. The van der Waals surface area contributed by atoms with Crippen molar-refractivity contribution < 1.29 is 0 Å². The maximum Gasteiger partial charge on any atom is 0.186 e. The van der Waals surface area contributed by atoms with Crippen LogP contribution in [-0.4, -0.2) is 46.0 Å². The molecule has 3 heterocycles. The molecular weight excluding hydrogens is 282 g/mol. The average Bonchev–Trinajstić information content (AvgIpc) is 3.16. The summed E-state index contributed by atoms with van der Waals surface area (Å²) in [5.74, 6) is 1.04. The molecule has 0 spiro atoms. The van der Waals surface area contributed by atoms with Gasteiger partial charge >= 0.3 is 0 Å². The zero-order valence-corrected chi connectivity index (χ0v) is 12.5. The first-order chi connectivity index (χ1) is 10.4. The van der Waals surface area contributed by atoms with Crippen molar-refractivity contribution in [2.24, 2.45) is 0 Å². The SMILES string of the molecule is c1ccc2sc(N3CCN(Cc4ncc[nH]4)CC3)nc2c1. The number of rotatable bonds is 3. The molecule has 1 fully saturated rings. The van der Waals surface area contributed by atoms with E-state index in [-0.39, 0.29) is 0 Å². The smallest absolute Gasteiger partial charge is 0.186 e. The Balaban J connectivity index is 1.42. The van der Waals surface area contributed by atoms with Crippen LogP contribution in [0.15, 0.2) is 36.7 Å². The lowest BCUT2D eigenvalue weighted by atomic mass is 10.3. The van der Waals surface area contributed by atoms with Gasteiger partial charge in [0, 0.05) is 38.6 Å². The molecule has 3 aromatic rings. The van der Waals surface area contributed by atoms with Gasteiger partial charge in [0.05, 0.1) is 16.8 Å². The fraction of sp³-hybridized carbons (Fsp3) is 0.333. The van der Waals surface area contributed by atoms with Gasteiger partial charge in [0.2, 0.25) is 0 Å². The van der Waals surface area contributed by atoms with Crippen molar-refractivity contribution in [3.05, 3.63) is 42.5 Å². The molecule has 1 aliphatic rings. The molecule has 2 aromatic heterocycles. The van der Waals surface area contributed by atoms with Crippen molar-refractivity contribution in [2.75, 3.05) is 31.1 Å². The van der Waals surface area contributed by atoms with Gasteiger partial charge in [-0.1, -0.05) is 23.5 Å². The number of nitrogens with one attached hydrogen (secondary N) is 1. The van der Waals surface area contributed by atoms with Gasteiger partial charge in [-0.15, -0.1) is 0 Å². The molecule has 1 saturated heterocycles. The molecule has 21 heavy (non-hydrogen) atoms. The van der Waals surface area contributed by atoms with Crippen LogP contribution >= 0.6 is 11.3 Å². The van der Waals surface area contributed by atoms with Crippen LogP contribution in [-0.2, 0) is 6.54 Å². The van der Waals surface area contributed by atoms with Crippen LogP contribution in [0.5, 0.6) is 0 Å². The van der Waals surface area contributed by atoms with E-state index in [0.29, 0.717) is 0 Å². The number of fused-ring (bicyclic) bond motifs is 1. The van der Waals surface area contributed by atoms with Crippen molar-refractivity contribution in [3.8, 4) is 0 Å². The lowest BCUT2D eigenvalue weighted by Crippen LogP contribution is -2.46. The number of benzene rings is 1. The molecule has 1 aromatic carbocycles. The van der Waals surface area contributed by atoms with Gasteiger partial charge in [-0.2, -0.15) is 0 Å². The quantitative estimate of drug-likeness (QED) is 0.806.